The number of aryl methyl sites for hydroxylation is 1. The van der Waals surface area contributed by atoms with E-state index in [1.807, 2.05) is 0 Å². The molecule has 0 saturated carbocycles. The Morgan fingerprint density at radius 2 is 2.08 bits per heavy atom. The van der Waals surface area contributed by atoms with Crippen LogP contribution in [0.5, 0.6) is 0 Å². The Morgan fingerprint density at radius 3 is 2.60 bits per heavy atom. The van der Waals surface area contributed by atoms with E-state index < -0.39 is 48.3 Å². The van der Waals surface area contributed by atoms with Crippen molar-refractivity contribution in [3.05, 3.63) is 34.0 Å². The summed E-state index contributed by atoms with van der Waals surface area (Å²) < 4.78 is 43.6. The molecule has 1 aliphatic rings. The highest BCUT2D eigenvalue weighted by Gasteiger charge is 2.44. The van der Waals surface area contributed by atoms with E-state index in [9.17, 15) is 28.5 Å². The average molecular weight is 380 g/mol. The molecule has 0 bridgehead atoms. The van der Waals surface area contributed by atoms with Crippen molar-refractivity contribution in [3.63, 3.8) is 0 Å². The van der Waals surface area contributed by atoms with E-state index in [2.05, 4.69) is 15.0 Å². The molecule has 0 radical (unpaired) electrons. The summed E-state index contributed by atoms with van der Waals surface area (Å²) in [6.07, 6.45) is -7.55. The van der Waals surface area contributed by atoms with Crippen LogP contribution in [0.3, 0.4) is 0 Å². The summed E-state index contributed by atoms with van der Waals surface area (Å²) in [7, 11) is 0. The Labute approximate surface area is 144 Å². The molecule has 2 rings (SSSR count). The third-order valence-corrected chi connectivity index (χ3v) is 4.73. The summed E-state index contributed by atoms with van der Waals surface area (Å²) in [5.74, 6) is 0. The number of rotatable bonds is 4. The van der Waals surface area contributed by atoms with Crippen molar-refractivity contribution in [1.29, 1.82) is 0 Å². The first-order valence-electron chi connectivity index (χ1n) is 7.06. The zero-order valence-corrected chi connectivity index (χ0v) is 13.6. The first-order valence-corrected chi connectivity index (χ1v) is 7.94. The van der Waals surface area contributed by atoms with Gasteiger partial charge in [0, 0.05) is 16.0 Å². The second kappa shape index (κ2) is 7.77. The minimum absolute atomic E-state index is 0.104. The van der Waals surface area contributed by atoms with Crippen LogP contribution in [0, 0.1) is 6.92 Å². The molecule has 25 heavy (non-hydrogen) atoms. The monoisotopic (exact) mass is 380 g/mol. The molecule has 0 aliphatic carbocycles. The van der Waals surface area contributed by atoms with E-state index in [1.54, 1.807) is 0 Å². The molecule has 3 N–H and O–H groups in total. The standard InChI is InChI=1S/C13H15F3N4O4S/c1-5-2-6(3-18-11(5)13(14,15)16)25-12-10(23)8(19-20-17)9(22)7(4-21)24-12/h2-3,7-10,12,21-23H,4H2,1H3/t7?,8-,9-,10?,12+/m0/s1. The zero-order valence-electron chi connectivity index (χ0n) is 12.8. The van der Waals surface area contributed by atoms with Gasteiger partial charge in [0.25, 0.3) is 0 Å². The fraction of sp³-hybridized carbons (Fsp3) is 0.615. The van der Waals surface area contributed by atoms with Crippen LogP contribution in [0.4, 0.5) is 13.2 Å². The Kier molecular flexibility index (Phi) is 6.14. The number of hydrogen-bond acceptors (Lipinski definition) is 7. The van der Waals surface area contributed by atoms with Crippen molar-refractivity contribution in [2.45, 2.75) is 47.8 Å². The minimum Gasteiger partial charge on any atom is -0.394 e. The molecular formula is C13H15F3N4O4S. The van der Waals surface area contributed by atoms with Gasteiger partial charge in [0.05, 0.1) is 18.8 Å². The van der Waals surface area contributed by atoms with Crippen LogP contribution in [0.1, 0.15) is 11.3 Å². The number of halogens is 3. The number of pyridine rings is 1. The topological polar surface area (TPSA) is 132 Å². The van der Waals surface area contributed by atoms with Crippen molar-refractivity contribution in [3.8, 4) is 0 Å². The second-order valence-corrected chi connectivity index (χ2v) is 6.53. The van der Waals surface area contributed by atoms with Gasteiger partial charge in [0.2, 0.25) is 0 Å². The molecule has 12 heteroatoms. The second-order valence-electron chi connectivity index (χ2n) is 5.35. The fourth-order valence-corrected chi connectivity index (χ4v) is 3.53. The lowest BCUT2D eigenvalue weighted by Crippen LogP contribution is -2.56. The third kappa shape index (κ3) is 4.35. The number of alkyl halides is 3. The van der Waals surface area contributed by atoms with Crippen LogP contribution in [0.25, 0.3) is 10.4 Å². The molecule has 0 spiro atoms. The molecule has 2 heterocycles. The number of aliphatic hydroxyl groups excluding tert-OH is 3. The van der Waals surface area contributed by atoms with Gasteiger partial charge in [0.15, 0.2) is 0 Å². The molecule has 1 saturated heterocycles. The summed E-state index contributed by atoms with van der Waals surface area (Å²) >= 11 is 0.849. The maximum atomic E-state index is 12.7. The van der Waals surface area contributed by atoms with E-state index in [1.165, 1.54) is 13.0 Å². The molecule has 138 valence electrons. The molecule has 1 aliphatic heterocycles. The lowest BCUT2D eigenvalue weighted by Gasteiger charge is -2.40. The summed E-state index contributed by atoms with van der Waals surface area (Å²) in [6, 6.07) is -0.0325. The maximum Gasteiger partial charge on any atom is 0.433 e. The van der Waals surface area contributed by atoms with E-state index in [4.69, 9.17) is 10.3 Å². The van der Waals surface area contributed by atoms with Crippen LogP contribution in [-0.4, -0.2) is 56.7 Å². The van der Waals surface area contributed by atoms with Crippen LogP contribution in [0.15, 0.2) is 22.3 Å². The van der Waals surface area contributed by atoms with E-state index in [0.29, 0.717) is 0 Å². The number of aromatic nitrogens is 1. The first-order chi connectivity index (χ1) is 11.7. The molecular weight excluding hydrogens is 365 g/mol. The molecule has 2 unspecified atom stereocenters. The number of aliphatic hydroxyl groups is 3. The molecule has 0 amide bonds. The van der Waals surface area contributed by atoms with Crippen molar-refractivity contribution in [2.75, 3.05) is 6.61 Å². The Hall–Kier alpha value is -1.56. The highest BCUT2D eigenvalue weighted by Crippen LogP contribution is 2.36. The zero-order chi connectivity index (χ0) is 18.8. The molecule has 0 aromatic carbocycles. The Bertz CT molecular complexity index is 671. The van der Waals surface area contributed by atoms with Gasteiger partial charge in [-0.05, 0) is 24.1 Å². The number of ether oxygens (including phenoxy) is 1. The molecule has 1 fully saturated rings. The van der Waals surface area contributed by atoms with Crippen LogP contribution in [0.2, 0.25) is 0 Å². The van der Waals surface area contributed by atoms with Crippen LogP contribution >= 0.6 is 11.8 Å². The van der Waals surface area contributed by atoms with Crippen LogP contribution in [-0.2, 0) is 10.9 Å². The summed E-state index contributed by atoms with van der Waals surface area (Å²) in [5.41, 5.74) is 6.35. The van der Waals surface area contributed by atoms with Crippen molar-refractivity contribution in [2.24, 2.45) is 5.11 Å². The van der Waals surface area contributed by atoms with Gasteiger partial charge < -0.3 is 20.1 Å². The number of azide groups is 1. The van der Waals surface area contributed by atoms with E-state index in [0.717, 1.165) is 18.0 Å². The minimum atomic E-state index is -4.58. The number of hydrogen-bond donors (Lipinski definition) is 3. The summed E-state index contributed by atoms with van der Waals surface area (Å²) in [5, 5.41) is 32.7. The van der Waals surface area contributed by atoms with Gasteiger partial charge in [0.1, 0.15) is 23.3 Å². The fourth-order valence-electron chi connectivity index (χ4n) is 2.41. The van der Waals surface area contributed by atoms with Gasteiger partial charge in [-0.2, -0.15) is 13.2 Å². The molecule has 8 nitrogen and oxygen atoms in total. The molecule has 1 aromatic rings. The lowest BCUT2D eigenvalue weighted by atomic mass is 9.98. The summed E-state index contributed by atoms with van der Waals surface area (Å²) in [6.45, 7) is 0.660. The highest BCUT2D eigenvalue weighted by atomic mass is 32.2. The average Bonchev–Trinajstić information content (AvgIpc) is 2.53. The van der Waals surface area contributed by atoms with Crippen LogP contribution < -0.4 is 0 Å². The van der Waals surface area contributed by atoms with Gasteiger partial charge in [-0.1, -0.05) is 16.9 Å². The van der Waals surface area contributed by atoms with Crippen molar-refractivity contribution >= 4 is 11.8 Å². The maximum absolute atomic E-state index is 12.7. The smallest absolute Gasteiger partial charge is 0.394 e. The predicted molar refractivity (Wildman–Crippen MR) is 80.5 cm³/mol. The van der Waals surface area contributed by atoms with Crippen molar-refractivity contribution < 1.29 is 33.2 Å². The van der Waals surface area contributed by atoms with E-state index >= 15 is 0 Å². The predicted octanol–water partition coefficient (Wildman–Crippen LogP) is 1.62. The normalized spacial score (nSPS) is 30.0. The Balaban J connectivity index is 2.23. The summed E-state index contributed by atoms with van der Waals surface area (Å²) in [4.78, 5) is 6.21. The highest BCUT2D eigenvalue weighted by molar-refractivity contribution is 7.99. The van der Waals surface area contributed by atoms with Gasteiger partial charge in [-0.15, -0.1) is 0 Å². The van der Waals surface area contributed by atoms with Gasteiger partial charge in [-0.25, -0.2) is 0 Å². The third-order valence-electron chi connectivity index (χ3n) is 3.61. The Morgan fingerprint density at radius 1 is 1.40 bits per heavy atom. The van der Waals surface area contributed by atoms with Gasteiger partial charge in [-0.3, -0.25) is 4.98 Å². The quantitative estimate of drug-likeness (QED) is 0.413. The molecule has 1 aromatic heterocycles. The lowest BCUT2D eigenvalue weighted by molar-refractivity contribution is -0.159. The van der Waals surface area contributed by atoms with Crippen molar-refractivity contribution in [1.82, 2.24) is 4.98 Å². The molecule has 5 atom stereocenters. The number of thioether (sulfide) groups is 1. The SMILES string of the molecule is Cc1cc(S[C@H]2OC(CO)[C@H](O)[C@H](N=[N+]=[N-])C2O)cnc1C(F)(F)F. The first kappa shape index (κ1) is 19.8. The largest absolute Gasteiger partial charge is 0.433 e. The van der Waals surface area contributed by atoms with E-state index in [-0.39, 0.29) is 10.5 Å². The number of nitrogens with zero attached hydrogens (tertiary/aromatic N) is 4. The van der Waals surface area contributed by atoms with Gasteiger partial charge >= 0.3 is 6.18 Å².